The number of nitrogens with zero attached hydrogens (tertiary/aromatic N) is 3. The molecule has 0 unspecified atom stereocenters. The highest BCUT2D eigenvalue weighted by Gasteiger charge is 2.25. The lowest BCUT2D eigenvalue weighted by Gasteiger charge is -2.05. The van der Waals surface area contributed by atoms with Crippen molar-refractivity contribution < 1.29 is 13.2 Å². The van der Waals surface area contributed by atoms with E-state index in [-0.39, 0.29) is 4.90 Å². The Morgan fingerprint density at radius 1 is 1.30 bits per heavy atom. The second kappa shape index (κ2) is 5.50. The summed E-state index contributed by atoms with van der Waals surface area (Å²) in [5.74, 6) is 0.703. The van der Waals surface area contributed by atoms with E-state index in [9.17, 15) is 8.42 Å². The van der Waals surface area contributed by atoms with Gasteiger partial charge in [0.15, 0.2) is 5.13 Å². The lowest BCUT2D eigenvalue weighted by Crippen LogP contribution is -2.14. The van der Waals surface area contributed by atoms with E-state index in [0.29, 0.717) is 27.8 Å². The van der Waals surface area contributed by atoms with E-state index in [4.69, 9.17) is 4.74 Å². The number of nitrogens with one attached hydrogen (secondary N) is 1. The molecule has 7 nitrogen and oxygen atoms in total. The summed E-state index contributed by atoms with van der Waals surface area (Å²) in [6, 6.07) is 5.41. The van der Waals surface area contributed by atoms with Crippen molar-refractivity contribution in [3.8, 4) is 5.75 Å². The van der Waals surface area contributed by atoms with Crippen molar-refractivity contribution in [1.82, 2.24) is 14.8 Å². The molecule has 3 aromatic rings. The molecule has 1 N–H and O–H groups in total. The number of ether oxygens (including phenoxy) is 1. The Morgan fingerprint density at radius 3 is 2.65 bits per heavy atom. The highest BCUT2D eigenvalue weighted by molar-refractivity contribution is 7.93. The fourth-order valence-corrected chi connectivity index (χ4v) is 4.95. The second-order valence-corrected chi connectivity index (χ2v) is 7.73. The molecule has 0 saturated heterocycles. The molecule has 0 aliphatic heterocycles. The van der Waals surface area contributed by atoms with Gasteiger partial charge in [-0.25, -0.2) is 13.4 Å². The molecular formula is C14H16N4O3S2. The van der Waals surface area contributed by atoms with Crippen LogP contribution in [0, 0.1) is 13.8 Å². The molecule has 9 heteroatoms. The molecule has 2 aromatic heterocycles. The first kappa shape index (κ1) is 15.8. The number of hydrogen-bond donors (Lipinski definition) is 1. The summed E-state index contributed by atoms with van der Waals surface area (Å²) in [5, 5.41) is 4.46. The Balaban J connectivity index is 2.00. The van der Waals surface area contributed by atoms with E-state index in [2.05, 4.69) is 14.8 Å². The third-order valence-corrected chi connectivity index (χ3v) is 6.18. The van der Waals surface area contributed by atoms with Crippen LogP contribution in [0.15, 0.2) is 23.1 Å². The van der Waals surface area contributed by atoms with Crippen molar-refractivity contribution in [1.29, 1.82) is 0 Å². The summed E-state index contributed by atoms with van der Waals surface area (Å²) in [5.41, 5.74) is 1.76. The molecule has 0 spiro atoms. The normalized spacial score (nSPS) is 11.8. The molecule has 0 bridgehead atoms. The lowest BCUT2D eigenvalue weighted by molar-refractivity contribution is 0.415. The van der Waals surface area contributed by atoms with E-state index < -0.39 is 10.0 Å². The fraction of sp³-hybridized carbons (Fsp3) is 0.286. The molecule has 0 saturated carbocycles. The molecule has 0 atom stereocenters. The van der Waals surface area contributed by atoms with Crippen molar-refractivity contribution in [3.05, 3.63) is 29.6 Å². The Morgan fingerprint density at radius 2 is 2.04 bits per heavy atom. The molecule has 0 radical (unpaired) electrons. The Hall–Kier alpha value is -2.13. The van der Waals surface area contributed by atoms with Crippen molar-refractivity contribution >= 4 is 36.7 Å². The fourth-order valence-electron chi connectivity index (χ4n) is 2.38. The summed E-state index contributed by atoms with van der Waals surface area (Å²) in [6.07, 6.45) is 0. The van der Waals surface area contributed by atoms with Gasteiger partial charge in [0.25, 0.3) is 10.0 Å². The number of anilines is 1. The average molecular weight is 352 g/mol. The van der Waals surface area contributed by atoms with Crippen molar-refractivity contribution in [2.45, 2.75) is 18.7 Å². The van der Waals surface area contributed by atoms with Gasteiger partial charge in [-0.3, -0.25) is 9.40 Å². The minimum absolute atomic E-state index is 0.192. The van der Waals surface area contributed by atoms with Gasteiger partial charge in [-0.05, 0) is 32.0 Å². The van der Waals surface area contributed by atoms with Crippen molar-refractivity contribution in [2.24, 2.45) is 7.05 Å². The molecule has 0 aliphatic rings. The van der Waals surface area contributed by atoms with Gasteiger partial charge in [-0.1, -0.05) is 11.3 Å². The topological polar surface area (TPSA) is 86.1 Å². The van der Waals surface area contributed by atoms with Gasteiger partial charge in [-0.15, -0.1) is 0 Å². The number of sulfonamides is 1. The first-order valence-corrected chi connectivity index (χ1v) is 9.09. The van der Waals surface area contributed by atoms with E-state index >= 15 is 0 Å². The quantitative estimate of drug-likeness (QED) is 0.779. The number of rotatable bonds is 4. The van der Waals surface area contributed by atoms with Crippen molar-refractivity contribution in [2.75, 3.05) is 11.8 Å². The van der Waals surface area contributed by atoms with Gasteiger partial charge in [-0.2, -0.15) is 5.10 Å². The zero-order chi connectivity index (χ0) is 16.8. The summed E-state index contributed by atoms with van der Waals surface area (Å²) in [7, 11) is -0.437. The van der Waals surface area contributed by atoms with Gasteiger partial charge in [0, 0.05) is 7.05 Å². The zero-order valence-electron chi connectivity index (χ0n) is 13.1. The monoisotopic (exact) mass is 352 g/mol. The van der Waals surface area contributed by atoms with Crippen LogP contribution in [0.25, 0.3) is 10.2 Å². The summed E-state index contributed by atoms with van der Waals surface area (Å²) < 4.78 is 35.4. The predicted molar refractivity (Wildman–Crippen MR) is 89.7 cm³/mol. The number of aromatic nitrogens is 3. The molecule has 2 heterocycles. The van der Waals surface area contributed by atoms with Crippen LogP contribution in [0.5, 0.6) is 5.75 Å². The highest BCUT2D eigenvalue weighted by atomic mass is 32.2. The second-order valence-electron chi connectivity index (χ2n) is 5.08. The Kier molecular flexibility index (Phi) is 3.77. The van der Waals surface area contributed by atoms with E-state index in [1.807, 2.05) is 6.07 Å². The standard InChI is InChI=1S/C14H16N4O3S2/c1-8-13(9(2)18(3)16-8)23(19,20)17-14-15-11-6-5-10(21-4)7-12(11)22-14/h5-7H,1-4H3,(H,15,17). The number of hydrogen-bond acceptors (Lipinski definition) is 6. The molecule has 122 valence electrons. The van der Waals surface area contributed by atoms with Crippen LogP contribution in [-0.2, 0) is 17.1 Å². The largest absolute Gasteiger partial charge is 0.497 e. The van der Waals surface area contributed by atoms with Crippen LogP contribution in [-0.4, -0.2) is 30.3 Å². The van der Waals surface area contributed by atoms with E-state index in [1.165, 1.54) is 11.3 Å². The third kappa shape index (κ3) is 2.77. The molecule has 0 amide bonds. The molecular weight excluding hydrogens is 336 g/mol. The maximum Gasteiger partial charge on any atom is 0.267 e. The van der Waals surface area contributed by atoms with Crippen LogP contribution in [0.2, 0.25) is 0 Å². The number of thiazole rings is 1. The first-order chi connectivity index (χ1) is 10.8. The van der Waals surface area contributed by atoms with Gasteiger partial charge >= 0.3 is 0 Å². The van der Waals surface area contributed by atoms with Crippen LogP contribution >= 0.6 is 11.3 Å². The molecule has 0 aliphatic carbocycles. The van der Waals surface area contributed by atoms with Crippen LogP contribution in [0.1, 0.15) is 11.4 Å². The first-order valence-electron chi connectivity index (χ1n) is 6.79. The van der Waals surface area contributed by atoms with Gasteiger partial charge in [0.1, 0.15) is 10.6 Å². The number of methoxy groups -OCH3 is 1. The van der Waals surface area contributed by atoms with Gasteiger partial charge in [0.2, 0.25) is 0 Å². The predicted octanol–water partition coefficient (Wildman–Crippen LogP) is 2.46. The van der Waals surface area contributed by atoms with E-state index in [0.717, 1.165) is 4.70 Å². The minimum Gasteiger partial charge on any atom is -0.497 e. The molecule has 3 rings (SSSR count). The molecule has 1 aromatic carbocycles. The van der Waals surface area contributed by atoms with Gasteiger partial charge in [0.05, 0.1) is 28.7 Å². The Bertz CT molecular complexity index is 989. The molecule has 23 heavy (non-hydrogen) atoms. The number of fused-ring (bicyclic) bond motifs is 1. The van der Waals surface area contributed by atoms with E-state index in [1.54, 1.807) is 44.8 Å². The highest BCUT2D eigenvalue weighted by Crippen LogP contribution is 2.31. The van der Waals surface area contributed by atoms with Crippen LogP contribution in [0.4, 0.5) is 5.13 Å². The SMILES string of the molecule is COc1ccc2nc(NS(=O)(=O)c3c(C)nn(C)c3C)sc2c1. The lowest BCUT2D eigenvalue weighted by atomic mass is 10.3. The van der Waals surface area contributed by atoms with Crippen LogP contribution < -0.4 is 9.46 Å². The third-order valence-electron chi connectivity index (χ3n) is 3.53. The maximum absolute atomic E-state index is 12.6. The van der Waals surface area contributed by atoms with Gasteiger partial charge < -0.3 is 4.74 Å². The van der Waals surface area contributed by atoms with Crippen molar-refractivity contribution in [3.63, 3.8) is 0 Å². The number of aryl methyl sites for hydroxylation is 2. The minimum atomic E-state index is -3.73. The molecule has 0 fully saturated rings. The Labute approximate surface area is 138 Å². The smallest absolute Gasteiger partial charge is 0.267 e. The zero-order valence-corrected chi connectivity index (χ0v) is 14.7. The average Bonchev–Trinajstić information content (AvgIpc) is 2.97. The summed E-state index contributed by atoms with van der Waals surface area (Å²) in [6.45, 7) is 3.39. The van der Waals surface area contributed by atoms with Crippen LogP contribution in [0.3, 0.4) is 0 Å². The maximum atomic E-state index is 12.6. The summed E-state index contributed by atoms with van der Waals surface area (Å²) in [4.78, 5) is 4.50. The number of benzene rings is 1. The summed E-state index contributed by atoms with van der Waals surface area (Å²) >= 11 is 1.26.